The minimum atomic E-state index is 0.634. The number of nitrogens with one attached hydrogen (secondary N) is 1. The average molecular weight is 168 g/mol. The van der Waals surface area contributed by atoms with Gasteiger partial charge in [0.15, 0.2) is 0 Å². The third kappa shape index (κ3) is 1.76. The summed E-state index contributed by atoms with van der Waals surface area (Å²) in [7, 11) is 4.05. The van der Waals surface area contributed by atoms with E-state index in [9.17, 15) is 0 Å². The van der Waals surface area contributed by atoms with Crippen LogP contribution in [0.4, 0.5) is 5.82 Å². The van der Waals surface area contributed by atoms with E-state index in [1.165, 1.54) is 0 Å². The molecule has 4 nitrogen and oxygen atoms in total. The summed E-state index contributed by atoms with van der Waals surface area (Å²) in [5, 5.41) is 6.91. The Morgan fingerprint density at radius 1 is 1.50 bits per heavy atom. The van der Waals surface area contributed by atoms with E-state index in [4.69, 9.17) is 5.73 Å². The van der Waals surface area contributed by atoms with E-state index < -0.39 is 0 Å². The van der Waals surface area contributed by atoms with Gasteiger partial charge < -0.3 is 10.6 Å². The van der Waals surface area contributed by atoms with Crippen LogP contribution in [0.1, 0.15) is 18.2 Å². The fourth-order valence-corrected chi connectivity index (χ4v) is 1.26. The van der Waals surface area contributed by atoms with Crippen molar-refractivity contribution in [2.45, 2.75) is 19.9 Å². The number of nitrogen functional groups attached to an aromatic ring is 1. The lowest BCUT2D eigenvalue weighted by molar-refractivity contribution is 0.395. The predicted octanol–water partition coefficient (Wildman–Crippen LogP) is 0.616. The van der Waals surface area contributed by atoms with Gasteiger partial charge in [-0.1, -0.05) is 6.92 Å². The van der Waals surface area contributed by atoms with Gasteiger partial charge in [0.2, 0.25) is 0 Å². The SMILES string of the molecule is CCc1c(N)n[nH]c1CN(C)C. The molecule has 1 rings (SSSR count). The van der Waals surface area contributed by atoms with Crippen molar-refractivity contribution in [3.05, 3.63) is 11.3 Å². The zero-order chi connectivity index (χ0) is 9.14. The summed E-state index contributed by atoms with van der Waals surface area (Å²) < 4.78 is 0. The summed E-state index contributed by atoms with van der Waals surface area (Å²) in [6.45, 7) is 2.95. The number of aromatic nitrogens is 2. The first-order chi connectivity index (χ1) is 5.65. The van der Waals surface area contributed by atoms with Crippen molar-refractivity contribution in [3.63, 3.8) is 0 Å². The molecule has 68 valence electrons. The monoisotopic (exact) mass is 168 g/mol. The molecule has 1 aromatic rings. The molecule has 0 amide bonds. The molecule has 0 unspecified atom stereocenters. The van der Waals surface area contributed by atoms with Gasteiger partial charge in [0, 0.05) is 12.1 Å². The molecule has 0 aliphatic carbocycles. The van der Waals surface area contributed by atoms with Crippen molar-refractivity contribution in [1.82, 2.24) is 15.1 Å². The molecular formula is C8H16N4. The third-order valence-corrected chi connectivity index (χ3v) is 1.81. The van der Waals surface area contributed by atoms with E-state index in [-0.39, 0.29) is 0 Å². The molecule has 4 heteroatoms. The van der Waals surface area contributed by atoms with Gasteiger partial charge in [-0.2, -0.15) is 5.10 Å². The van der Waals surface area contributed by atoms with E-state index in [1.54, 1.807) is 0 Å². The van der Waals surface area contributed by atoms with Crippen LogP contribution in [-0.4, -0.2) is 29.2 Å². The lowest BCUT2D eigenvalue weighted by Gasteiger charge is -2.08. The van der Waals surface area contributed by atoms with Gasteiger partial charge in [0.05, 0.1) is 5.69 Å². The van der Waals surface area contributed by atoms with Crippen LogP contribution in [0.25, 0.3) is 0 Å². The van der Waals surface area contributed by atoms with Crippen LogP contribution in [0.2, 0.25) is 0 Å². The maximum absolute atomic E-state index is 5.67. The molecule has 12 heavy (non-hydrogen) atoms. The van der Waals surface area contributed by atoms with Crippen LogP contribution in [0.5, 0.6) is 0 Å². The van der Waals surface area contributed by atoms with Crippen LogP contribution in [0.3, 0.4) is 0 Å². The lowest BCUT2D eigenvalue weighted by atomic mass is 10.2. The molecule has 0 aromatic carbocycles. The molecule has 0 atom stereocenters. The van der Waals surface area contributed by atoms with Gasteiger partial charge >= 0.3 is 0 Å². The van der Waals surface area contributed by atoms with Crippen LogP contribution < -0.4 is 5.73 Å². The molecule has 0 aliphatic heterocycles. The second-order valence-corrected chi connectivity index (χ2v) is 3.16. The van der Waals surface area contributed by atoms with Gasteiger partial charge in [0.1, 0.15) is 5.82 Å². The standard InChI is InChI=1S/C8H16N4/c1-4-6-7(5-12(2)3)10-11-8(6)9/h4-5H2,1-3H3,(H3,9,10,11). The fraction of sp³-hybridized carbons (Fsp3) is 0.625. The molecule has 0 aliphatic rings. The topological polar surface area (TPSA) is 57.9 Å². The number of anilines is 1. The third-order valence-electron chi connectivity index (χ3n) is 1.81. The highest BCUT2D eigenvalue weighted by atomic mass is 15.2. The number of nitrogens with zero attached hydrogens (tertiary/aromatic N) is 2. The first-order valence-electron chi connectivity index (χ1n) is 4.11. The zero-order valence-corrected chi connectivity index (χ0v) is 7.89. The Morgan fingerprint density at radius 3 is 2.67 bits per heavy atom. The summed E-state index contributed by atoms with van der Waals surface area (Å²) in [4.78, 5) is 2.09. The molecule has 0 saturated carbocycles. The molecule has 0 bridgehead atoms. The van der Waals surface area contributed by atoms with E-state index >= 15 is 0 Å². The Balaban J connectivity index is 2.84. The predicted molar refractivity (Wildman–Crippen MR) is 49.8 cm³/mol. The minimum absolute atomic E-state index is 0.634. The van der Waals surface area contributed by atoms with E-state index in [0.29, 0.717) is 5.82 Å². The maximum Gasteiger partial charge on any atom is 0.148 e. The second kappa shape index (κ2) is 3.58. The Morgan fingerprint density at radius 2 is 2.17 bits per heavy atom. The Hall–Kier alpha value is -1.03. The van der Waals surface area contributed by atoms with Crippen molar-refractivity contribution < 1.29 is 0 Å². The van der Waals surface area contributed by atoms with Crippen LogP contribution in [0, 0.1) is 0 Å². The molecule has 3 N–H and O–H groups in total. The molecule has 0 fully saturated rings. The number of hydrogen-bond acceptors (Lipinski definition) is 3. The number of aromatic amines is 1. The minimum Gasteiger partial charge on any atom is -0.382 e. The summed E-state index contributed by atoms with van der Waals surface area (Å²) in [6, 6.07) is 0. The summed E-state index contributed by atoms with van der Waals surface area (Å²) in [5.41, 5.74) is 7.93. The number of H-pyrrole nitrogens is 1. The summed E-state index contributed by atoms with van der Waals surface area (Å²) >= 11 is 0. The summed E-state index contributed by atoms with van der Waals surface area (Å²) in [5.74, 6) is 0.634. The zero-order valence-electron chi connectivity index (χ0n) is 7.89. The maximum atomic E-state index is 5.67. The first-order valence-corrected chi connectivity index (χ1v) is 4.11. The van der Waals surface area contributed by atoms with Crippen molar-refractivity contribution in [3.8, 4) is 0 Å². The van der Waals surface area contributed by atoms with Crippen LogP contribution in [0.15, 0.2) is 0 Å². The highest BCUT2D eigenvalue weighted by Crippen LogP contribution is 2.14. The van der Waals surface area contributed by atoms with Gasteiger partial charge in [0.25, 0.3) is 0 Å². The van der Waals surface area contributed by atoms with Gasteiger partial charge in [-0.05, 0) is 20.5 Å². The van der Waals surface area contributed by atoms with Crippen molar-refractivity contribution in [2.75, 3.05) is 19.8 Å². The highest BCUT2D eigenvalue weighted by molar-refractivity contribution is 5.41. The first kappa shape index (κ1) is 9.06. The smallest absolute Gasteiger partial charge is 0.148 e. The number of rotatable bonds is 3. The quantitative estimate of drug-likeness (QED) is 0.695. The van der Waals surface area contributed by atoms with E-state index in [2.05, 4.69) is 22.0 Å². The van der Waals surface area contributed by atoms with Crippen molar-refractivity contribution in [2.24, 2.45) is 0 Å². The van der Waals surface area contributed by atoms with Gasteiger partial charge in [-0.3, -0.25) is 5.10 Å². The number of hydrogen-bond donors (Lipinski definition) is 2. The van der Waals surface area contributed by atoms with E-state index in [0.717, 1.165) is 24.2 Å². The second-order valence-electron chi connectivity index (χ2n) is 3.16. The molecular weight excluding hydrogens is 152 g/mol. The van der Waals surface area contributed by atoms with Gasteiger partial charge in [-0.15, -0.1) is 0 Å². The highest BCUT2D eigenvalue weighted by Gasteiger charge is 2.08. The summed E-state index contributed by atoms with van der Waals surface area (Å²) in [6.07, 6.45) is 0.936. The molecule has 1 aromatic heterocycles. The van der Waals surface area contributed by atoms with Gasteiger partial charge in [-0.25, -0.2) is 0 Å². The molecule has 1 heterocycles. The molecule has 0 spiro atoms. The molecule has 0 radical (unpaired) electrons. The number of nitrogens with two attached hydrogens (primary N) is 1. The van der Waals surface area contributed by atoms with E-state index in [1.807, 2.05) is 14.1 Å². The Bertz CT molecular complexity index is 252. The Labute approximate surface area is 72.8 Å². The molecule has 0 saturated heterocycles. The normalized spacial score (nSPS) is 11.0. The van der Waals surface area contributed by atoms with Crippen molar-refractivity contribution in [1.29, 1.82) is 0 Å². The fourth-order valence-electron chi connectivity index (χ4n) is 1.26. The van der Waals surface area contributed by atoms with Crippen molar-refractivity contribution >= 4 is 5.82 Å². The van der Waals surface area contributed by atoms with Crippen LogP contribution >= 0.6 is 0 Å². The largest absolute Gasteiger partial charge is 0.382 e. The average Bonchev–Trinajstić information content (AvgIpc) is 2.30. The Kier molecular flexibility index (Phi) is 2.70. The lowest BCUT2D eigenvalue weighted by Crippen LogP contribution is -2.12. The van der Waals surface area contributed by atoms with Crippen LogP contribution in [-0.2, 0) is 13.0 Å².